The molecule has 0 aliphatic carbocycles. The Morgan fingerprint density at radius 3 is 2.52 bits per heavy atom. The molecule has 0 radical (unpaired) electrons. The lowest BCUT2D eigenvalue weighted by atomic mass is 10.2. The van der Waals surface area contributed by atoms with E-state index in [1.165, 1.54) is 29.6 Å². The zero-order chi connectivity index (χ0) is 19.6. The first-order valence-corrected chi connectivity index (χ1v) is 8.00. The van der Waals surface area contributed by atoms with Crippen LogP contribution in [0.3, 0.4) is 0 Å². The van der Waals surface area contributed by atoms with Crippen LogP contribution in [0.1, 0.15) is 5.56 Å². The summed E-state index contributed by atoms with van der Waals surface area (Å²) in [5, 5.41) is 2.09. The lowest BCUT2D eigenvalue weighted by Gasteiger charge is -2.08. The minimum absolute atomic E-state index is 0.0244. The third kappa shape index (κ3) is 3.64. The molecule has 0 atom stereocenters. The van der Waals surface area contributed by atoms with Crippen LogP contribution in [0.2, 0.25) is 0 Å². The van der Waals surface area contributed by atoms with Crippen molar-refractivity contribution in [2.45, 2.75) is 13.2 Å². The minimum Gasteiger partial charge on any atom is -0.444 e. The Balaban J connectivity index is 1.70. The molecule has 1 aromatic carbocycles. The first-order chi connectivity index (χ1) is 12.9. The Hall–Kier alpha value is -3.69. The number of fused-ring (bicyclic) bond motifs is 1. The van der Waals surface area contributed by atoms with E-state index in [2.05, 4.69) is 10.3 Å². The van der Waals surface area contributed by atoms with E-state index in [0.717, 1.165) is 10.1 Å². The molecular formula is C17H17N5O5. The summed E-state index contributed by atoms with van der Waals surface area (Å²) in [6, 6.07) is 9.02. The molecule has 0 fully saturated rings. The van der Waals surface area contributed by atoms with Crippen molar-refractivity contribution in [2.75, 3.05) is 0 Å². The Bertz CT molecular complexity index is 1130. The van der Waals surface area contributed by atoms with Gasteiger partial charge in [-0.2, -0.15) is 0 Å². The minimum atomic E-state index is -0.895. The summed E-state index contributed by atoms with van der Waals surface area (Å²) in [5.74, 6) is -0.678. The molecule has 0 bridgehead atoms. The van der Waals surface area contributed by atoms with Gasteiger partial charge < -0.3 is 9.30 Å². The molecule has 3 rings (SSSR count). The van der Waals surface area contributed by atoms with Crippen molar-refractivity contribution in [3.63, 3.8) is 0 Å². The number of alkyl carbamates (subject to hydrolysis) is 1. The van der Waals surface area contributed by atoms with Gasteiger partial charge in [0.1, 0.15) is 13.2 Å². The monoisotopic (exact) mass is 371 g/mol. The third-order valence-corrected chi connectivity index (χ3v) is 3.99. The van der Waals surface area contributed by atoms with Crippen LogP contribution in [0.25, 0.3) is 11.2 Å². The van der Waals surface area contributed by atoms with E-state index >= 15 is 0 Å². The van der Waals surface area contributed by atoms with Crippen LogP contribution in [-0.2, 0) is 36.8 Å². The van der Waals surface area contributed by atoms with Crippen LogP contribution >= 0.6 is 0 Å². The van der Waals surface area contributed by atoms with E-state index in [-0.39, 0.29) is 24.3 Å². The van der Waals surface area contributed by atoms with Crippen LogP contribution < -0.4 is 16.6 Å². The summed E-state index contributed by atoms with van der Waals surface area (Å²) in [6.07, 6.45) is 0.369. The summed E-state index contributed by atoms with van der Waals surface area (Å²) in [5.41, 5.74) is -0.0724. The molecular weight excluding hydrogens is 354 g/mol. The normalized spacial score (nSPS) is 10.7. The summed E-state index contributed by atoms with van der Waals surface area (Å²) in [6.45, 7) is -0.305. The number of carbonyl (C=O) groups excluding carboxylic acids is 2. The van der Waals surface area contributed by atoms with Crippen LogP contribution in [0, 0.1) is 0 Å². The molecule has 2 heterocycles. The van der Waals surface area contributed by atoms with Gasteiger partial charge in [-0.05, 0) is 5.56 Å². The molecule has 3 aromatic rings. The number of carbonyl (C=O) groups is 2. The molecule has 0 unspecified atom stereocenters. The van der Waals surface area contributed by atoms with E-state index in [1.807, 2.05) is 6.07 Å². The zero-order valence-electron chi connectivity index (χ0n) is 14.7. The summed E-state index contributed by atoms with van der Waals surface area (Å²) < 4.78 is 8.38. The van der Waals surface area contributed by atoms with E-state index in [4.69, 9.17) is 4.74 Å². The number of nitrogens with one attached hydrogen (secondary N) is 1. The number of imidazole rings is 1. The van der Waals surface area contributed by atoms with E-state index in [9.17, 15) is 19.2 Å². The van der Waals surface area contributed by atoms with E-state index < -0.39 is 23.2 Å². The molecule has 0 aliphatic rings. The van der Waals surface area contributed by atoms with Crippen molar-refractivity contribution in [1.82, 2.24) is 24.0 Å². The second kappa shape index (κ2) is 7.28. The van der Waals surface area contributed by atoms with Gasteiger partial charge in [-0.3, -0.25) is 24.0 Å². The summed E-state index contributed by atoms with van der Waals surface area (Å²) in [4.78, 5) is 52.1. The predicted octanol–water partition coefficient (Wildman–Crippen LogP) is -0.113. The first-order valence-electron chi connectivity index (χ1n) is 8.00. The summed E-state index contributed by atoms with van der Waals surface area (Å²) >= 11 is 0. The fraction of sp³-hybridized carbons (Fsp3) is 0.235. The van der Waals surface area contributed by atoms with Gasteiger partial charge >= 0.3 is 11.8 Å². The maximum atomic E-state index is 12.3. The topological polar surface area (TPSA) is 117 Å². The highest BCUT2D eigenvalue weighted by Crippen LogP contribution is 2.05. The Morgan fingerprint density at radius 2 is 1.81 bits per heavy atom. The SMILES string of the molecule is Cn1c(=O)c2c(ncn2CC(=O)NC(=O)OCc2ccccc2)n(C)c1=O. The average Bonchev–Trinajstić information content (AvgIpc) is 3.07. The van der Waals surface area contributed by atoms with Gasteiger partial charge in [0, 0.05) is 14.1 Å². The van der Waals surface area contributed by atoms with Gasteiger partial charge in [0.15, 0.2) is 11.2 Å². The van der Waals surface area contributed by atoms with Gasteiger partial charge in [-0.15, -0.1) is 0 Å². The number of imide groups is 1. The highest BCUT2D eigenvalue weighted by atomic mass is 16.5. The maximum absolute atomic E-state index is 12.3. The number of benzene rings is 1. The molecule has 0 spiro atoms. The maximum Gasteiger partial charge on any atom is 0.414 e. The standard InChI is InChI=1S/C17H17N5O5/c1-20-14-13(15(24)21(2)17(20)26)22(10-18-14)8-12(23)19-16(25)27-9-11-6-4-3-5-7-11/h3-7,10H,8-9H2,1-2H3,(H,19,23,25). The molecule has 1 N–H and O–H groups in total. The second-order valence-corrected chi connectivity index (χ2v) is 5.86. The molecule has 10 heteroatoms. The first kappa shape index (κ1) is 18.1. The highest BCUT2D eigenvalue weighted by Gasteiger charge is 2.17. The Labute approximate surface area is 152 Å². The second-order valence-electron chi connectivity index (χ2n) is 5.86. The number of nitrogens with zero attached hydrogens (tertiary/aromatic N) is 4. The Kier molecular flexibility index (Phi) is 4.88. The number of hydrogen-bond donors (Lipinski definition) is 1. The lowest BCUT2D eigenvalue weighted by molar-refractivity contribution is -0.121. The molecule has 2 amide bonds. The summed E-state index contributed by atoms with van der Waals surface area (Å²) in [7, 11) is 2.81. The third-order valence-electron chi connectivity index (χ3n) is 3.99. The van der Waals surface area contributed by atoms with Gasteiger partial charge in [0.05, 0.1) is 6.33 Å². The number of amides is 2. The van der Waals surface area contributed by atoms with E-state index in [1.54, 1.807) is 24.3 Å². The molecule has 0 saturated carbocycles. The quantitative estimate of drug-likeness (QED) is 0.684. The fourth-order valence-corrected chi connectivity index (χ4v) is 2.58. The van der Waals surface area contributed by atoms with Crippen molar-refractivity contribution >= 4 is 23.2 Å². The van der Waals surface area contributed by atoms with Gasteiger partial charge in [-0.1, -0.05) is 30.3 Å². The van der Waals surface area contributed by atoms with Gasteiger partial charge in [0.25, 0.3) is 5.56 Å². The van der Waals surface area contributed by atoms with Gasteiger partial charge in [-0.25, -0.2) is 14.6 Å². The highest BCUT2D eigenvalue weighted by molar-refractivity contribution is 5.92. The molecule has 0 aliphatic heterocycles. The number of ether oxygens (including phenoxy) is 1. The van der Waals surface area contributed by atoms with Crippen LogP contribution in [0.5, 0.6) is 0 Å². The van der Waals surface area contributed by atoms with Crippen molar-refractivity contribution < 1.29 is 14.3 Å². The average molecular weight is 371 g/mol. The zero-order valence-corrected chi connectivity index (χ0v) is 14.7. The molecule has 140 valence electrons. The fourth-order valence-electron chi connectivity index (χ4n) is 2.58. The Morgan fingerprint density at radius 1 is 1.11 bits per heavy atom. The lowest BCUT2D eigenvalue weighted by Crippen LogP contribution is -2.38. The van der Waals surface area contributed by atoms with Crippen molar-refractivity contribution in [2.24, 2.45) is 14.1 Å². The molecule has 27 heavy (non-hydrogen) atoms. The number of hydrogen-bond acceptors (Lipinski definition) is 6. The smallest absolute Gasteiger partial charge is 0.414 e. The van der Waals surface area contributed by atoms with Crippen LogP contribution in [0.15, 0.2) is 46.2 Å². The number of aryl methyl sites for hydroxylation is 1. The van der Waals surface area contributed by atoms with Crippen LogP contribution in [0.4, 0.5) is 4.79 Å². The number of rotatable bonds is 4. The van der Waals surface area contributed by atoms with Crippen molar-refractivity contribution in [3.05, 3.63) is 63.1 Å². The molecule has 0 saturated heterocycles. The van der Waals surface area contributed by atoms with Crippen LogP contribution in [-0.4, -0.2) is 30.7 Å². The van der Waals surface area contributed by atoms with Crippen molar-refractivity contribution in [1.29, 1.82) is 0 Å². The van der Waals surface area contributed by atoms with E-state index in [0.29, 0.717) is 0 Å². The van der Waals surface area contributed by atoms with Gasteiger partial charge in [0.2, 0.25) is 5.91 Å². The number of aromatic nitrogens is 4. The largest absolute Gasteiger partial charge is 0.444 e. The molecule has 2 aromatic heterocycles. The van der Waals surface area contributed by atoms with Crippen molar-refractivity contribution in [3.8, 4) is 0 Å². The molecule has 10 nitrogen and oxygen atoms in total. The predicted molar refractivity (Wildman–Crippen MR) is 95.0 cm³/mol.